The van der Waals surface area contributed by atoms with Crippen molar-refractivity contribution >= 4 is 16.0 Å². The fraction of sp³-hybridized carbons (Fsp3) is 0.227. The summed E-state index contributed by atoms with van der Waals surface area (Å²) >= 11 is 0. The van der Waals surface area contributed by atoms with Gasteiger partial charge >= 0.3 is 10.1 Å². The first kappa shape index (κ1) is 22.2. The van der Waals surface area contributed by atoms with Crippen molar-refractivity contribution in [1.82, 2.24) is 4.90 Å². The van der Waals surface area contributed by atoms with Crippen LogP contribution in [0.2, 0.25) is 0 Å². The number of methoxy groups -OCH3 is 2. The molecule has 3 rings (SSSR count). The third-order valence-electron chi connectivity index (χ3n) is 4.33. The Morgan fingerprint density at radius 2 is 1.65 bits per heavy atom. The van der Waals surface area contributed by atoms with Crippen molar-refractivity contribution in [2.24, 2.45) is 0 Å². The monoisotopic (exact) mass is 445 g/mol. The van der Waals surface area contributed by atoms with Gasteiger partial charge in [0.1, 0.15) is 23.0 Å². The van der Waals surface area contributed by atoms with Crippen LogP contribution in [-0.4, -0.2) is 39.7 Å². The molecule has 1 heterocycles. The number of carbonyl (C=O) groups is 1. The number of amides is 1. The van der Waals surface area contributed by atoms with E-state index in [2.05, 4.69) is 0 Å². The summed E-state index contributed by atoms with van der Waals surface area (Å²) in [6, 6.07) is 15.0. The van der Waals surface area contributed by atoms with Gasteiger partial charge in [0, 0.05) is 18.2 Å². The minimum Gasteiger partial charge on any atom is -0.497 e. The third kappa shape index (κ3) is 6.26. The molecule has 0 saturated carbocycles. The van der Waals surface area contributed by atoms with Crippen LogP contribution in [0.15, 0.2) is 65.3 Å². The summed E-state index contributed by atoms with van der Waals surface area (Å²) in [7, 11) is -0.640. The summed E-state index contributed by atoms with van der Waals surface area (Å²) in [5, 5.41) is 0. The summed E-state index contributed by atoms with van der Waals surface area (Å²) in [6.07, 6.45) is 2.51. The number of furan rings is 1. The molecular weight excluding hydrogens is 422 g/mol. The van der Waals surface area contributed by atoms with Crippen molar-refractivity contribution < 1.29 is 31.3 Å². The van der Waals surface area contributed by atoms with Crippen LogP contribution in [0.3, 0.4) is 0 Å². The lowest BCUT2D eigenvalue weighted by molar-refractivity contribution is 0.0717. The van der Waals surface area contributed by atoms with Crippen LogP contribution in [0.25, 0.3) is 0 Å². The molecule has 8 nitrogen and oxygen atoms in total. The molecule has 0 radical (unpaired) electrons. The highest BCUT2D eigenvalue weighted by Crippen LogP contribution is 2.25. The zero-order chi connectivity index (χ0) is 22.4. The summed E-state index contributed by atoms with van der Waals surface area (Å²) in [5.41, 5.74) is 1.07. The zero-order valence-corrected chi connectivity index (χ0v) is 18.2. The van der Waals surface area contributed by atoms with Gasteiger partial charge in [0.2, 0.25) is 0 Å². The Morgan fingerprint density at radius 3 is 2.23 bits per heavy atom. The number of rotatable bonds is 9. The van der Waals surface area contributed by atoms with E-state index in [4.69, 9.17) is 18.1 Å². The summed E-state index contributed by atoms with van der Waals surface area (Å²) in [5.74, 6) is 1.48. The summed E-state index contributed by atoms with van der Waals surface area (Å²) in [6.45, 7) is 0.405. The minimum absolute atomic E-state index is 0.174. The first-order chi connectivity index (χ1) is 14.8. The number of nitrogens with zero attached hydrogens (tertiary/aromatic N) is 1. The molecule has 0 aliphatic heterocycles. The van der Waals surface area contributed by atoms with Crippen LogP contribution in [-0.2, 0) is 23.2 Å². The lowest BCUT2D eigenvalue weighted by Crippen LogP contribution is -2.30. The first-order valence-corrected chi connectivity index (χ1v) is 11.1. The second kappa shape index (κ2) is 9.57. The lowest BCUT2D eigenvalue weighted by atomic mass is 10.1. The van der Waals surface area contributed by atoms with Crippen molar-refractivity contribution in [3.8, 4) is 17.2 Å². The first-order valence-electron chi connectivity index (χ1n) is 9.30. The quantitative estimate of drug-likeness (QED) is 0.465. The maximum Gasteiger partial charge on any atom is 0.306 e. The second-order valence-electron chi connectivity index (χ2n) is 6.78. The fourth-order valence-corrected chi connectivity index (χ4v) is 3.45. The van der Waals surface area contributed by atoms with E-state index in [-0.39, 0.29) is 24.7 Å². The molecule has 0 aliphatic rings. The number of hydrogen-bond donors (Lipinski definition) is 0. The van der Waals surface area contributed by atoms with Crippen LogP contribution in [0, 0.1) is 0 Å². The molecule has 0 N–H and O–H groups in total. The topological polar surface area (TPSA) is 95.3 Å². The van der Waals surface area contributed by atoms with Gasteiger partial charge in [-0.3, -0.25) is 4.79 Å². The average molecular weight is 445 g/mol. The summed E-state index contributed by atoms with van der Waals surface area (Å²) < 4.78 is 43.8. The Morgan fingerprint density at radius 1 is 0.935 bits per heavy atom. The van der Waals surface area contributed by atoms with Crippen LogP contribution in [0.5, 0.6) is 17.2 Å². The predicted molar refractivity (Wildman–Crippen MR) is 114 cm³/mol. The van der Waals surface area contributed by atoms with Crippen molar-refractivity contribution in [1.29, 1.82) is 0 Å². The number of ether oxygens (including phenoxy) is 2. The van der Waals surface area contributed by atoms with Crippen molar-refractivity contribution in [3.63, 3.8) is 0 Å². The number of hydrogen-bond acceptors (Lipinski definition) is 7. The van der Waals surface area contributed by atoms with E-state index >= 15 is 0 Å². The molecule has 0 unspecified atom stereocenters. The largest absolute Gasteiger partial charge is 0.497 e. The Kier molecular flexibility index (Phi) is 6.86. The van der Waals surface area contributed by atoms with E-state index in [0.717, 1.165) is 6.26 Å². The molecule has 0 atom stereocenters. The molecule has 0 aliphatic carbocycles. The lowest BCUT2D eigenvalue weighted by Gasteiger charge is -2.23. The standard InChI is InChI=1S/C22H23NO7S/c1-27-20-11-17(12-21(13-20)28-2)22(24)23(15-19-8-5-9-29-19)14-16-6-4-7-18(10-16)30-31(3,25)26/h4-13H,14-15H2,1-3H3. The molecule has 2 aromatic carbocycles. The van der Waals surface area contributed by atoms with Crippen LogP contribution in [0.4, 0.5) is 0 Å². The van der Waals surface area contributed by atoms with E-state index in [0.29, 0.717) is 28.4 Å². The smallest absolute Gasteiger partial charge is 0.306 e. The molecule has 31 heavy (non-hydrogen) atoms. The van der Waals surface area contributed by atoms with Gasteiger partial charge in [-0.05, 0) is 42.0 Å². The molecule has 0 bridgehead atoms. The van der Waals surface area contributed by atoms with Crippen molar-refractivity contribution in [3.05, 3.63) is 77.7 Å². The normalized spacial score (nSPS) is 11.1. The summed E-state index contributed by atoms with van der Waals surface area (Å²) in [4.78, 5) is 14.9. The van der Waals surface area contributed by atoms with E-state index in [1.807, 2.05) is 0 Å². The third-order valence-corrected chi connectivity index (χ3v) is 4.83. The van der Waals surface area contributed by atoms with Gasteiger partial charge in [-0.15, -0.1) is 0 Å². The molecule has 1 amide bonds. The van der Waals surface area contributed by atoms with Crippen LogP contribution < -0.4 is 13.7 Å². The predicted octanol–water partition coefficient (Wildman–Crippen LogP) is 3.48. The van der Waals surface area contributed by atoms with Crippen molar-refractivity contribution in [2.75, 3.05) is 20.5 Å². The Labute approximate surface area is 181 Å². The average Bonchev–Trinajstić information content (AvgIpc) is 3.24. The molecule has 1 aromatic heterocycles. The Balaban J connectivity index is 1.92. The molecule has 0 spiro atoms. The maximum atomic E-state index is 13.4. The molecular formula is C22H23NO7S. The van der Waals surface area contributed by atoms with Gasteiger partial charge in [-0.1, -0.05) is 12.1 Å². The SMILES string of the molecule is COc1cc(OC)cc(C(=O)N(Cc2cccc(OS(C)(=O)=O)c2)Cc2ccco2)c1. The van der Waals surface area contributed by atoms with E-state index < -0.39 is 10.1 Å². The number of carbonyl (C=O) groups excluding carboxylic acids is 1. The van der Waals surface area contributed by atoms with E-state index in [1.54, 1.807) is 53.4 Å². The van der Waals surface area contributed by atoms with Gasteiger partial charge in [0.05, 0.1) is 33.3 Å². The van der Waals surface area contributed by atoms with E-state index in [9.17, 15) is 13.2 Å². The fourth-order valence-electron chi connectivity index (χ4n) is 2.99. The molecule has 164 valence electrons. The van der Waals surface area contributed by atoms with Gasteiger partial charge in [0.15, 0.2) is 0 Å². The Bertz CT molecular complexity index is 1120. The van der Waals surface area contributed by atoms with Gasteiger partial charge in [-0.25, -0.2) is 0 Å². The van der Waals surface area contributed by atoms with Gasteiger partial charge in [0.25, 0.3) is 5.91 Å². The number of benzene rings is 2. The van der Waals surface area contributed by atoms with Crippen LogP contribution in [0.1, 0.15) is 21.7 Å². The van der Waals surface area contributed by atoms with Crippen LogP contribution >= 0.6 is 0 Å². The molecule has 0 saturated heterocycles. The zero-order valence-electron chi connectivity index (χ0n) is 17.4. The maximum absolute atomic E-state index is 13.4. The van der Waals surface area contributed by atoms with Gasteiger partial charge < -0.3 is 23.0 Å². The van der Waals surface area contributed by atoms with E-state index in [1.165, 1.54) is 26.5 Å². The van der Waals surface area contributed by atoms with Gasteiger partial charge in [-0.2, -0.15) is 8.42 Å². The highest BCUT2D eigenvalue weighted by molar-refractivity contribution is 7.86. The molecule has 0 fully saturated rings. The van der Waals surface area contributed by atoms with Crippen molar-refractivity contribution in [2.45, 2.75) is 13.1 Å². The Hall–Kier alpha value is -3.46. The molecule has 3 aromatic rings. The highest BCUT2D eigenvalue weighted by Gasteiger charge is 2.20. The highest BCUT2D eigenvalue weighted by atomic mass is 32.2. The molecule has 9 heteroatoms. The minimum atomic E-state index is -3.66. The second-order valence-corrected chi connectivity index (χ2v) is 8.35.